The Morgan fingerprint density at radius 3 is 2.51 bits per heavy atom. The molecule has 6 heterocycles. The third-order valence-electron chi connectivity index (χ3n) is 7.33. The molecular formula is C21H29N9O13P2. The highest BCUT2D eigenvalue weighted by molar-refractivity contribution is 7.48. The number of nitrogens with one attached hydrogen (secondary N) is 1. The molecule has 6 rings (SSSR count). The number of rotatable bonds is 5. The van der Waals surface area contributed by atoms with Crippen LogP contribution < -0.4 is 17.0 Å². The monoisotopic (exact) mass is 677 g/mol. The van der Waals surface area contributed by atoms with Gasteiger partial charge < -0.3 is 36.0 Å². The maximum atomic E-state index is 13.6. The second kappa shape index (κ2) is 12.0. The minimum absolute atomic E-state index is 0.0134. The molecule has 2 unspecified atom stereocenters. The third kappa shape index (κ3) is 5.78. The number of hydrogen-bond acceptors (Lipinski definition) is 18. The third-order valence-corrected chi connectivity index (χ3v) is 9.73. The first-order chi connectivity index (χ1) is 21.4. The number of imidazole rings is 2. The summed E-state index contributed by atoms with van der Waals surface area (Å²) < 4.78 is 67.7. The first-order valence-corrected chi connectivity index (χ1v) is 16.1. The van der Waals surface area contributed by atoms with E-state index in [1.807, 2.05) is 0 Å². The molecule has 8 N–H and O–H groups in total. The molecule has 3 saturated heterocycles. The fourth-order valence-electron chi connectivity index (χ4n) is 5.22. The molecule has 0 amide bonds. The number of anilines is 1. The molecule has 0 aliphatic carbocycles. The number of aromatic nitrogens is 6. The molecule has 0 aromatic carbocycles. The van der Waals surface area contributed by atoms with E-state index in [2.05, 4.69) is 31.6 Å². The van der Waals surface area contributed by atoms with Crippen LogP contribution in [0.4, 0.5) is 11.8 Å². The van der Waals surface area contributed by atoms with E-state index in [-0.39, 0.29) is 29.5 Å². The number of phosphoric ester groups is 2. The Hall–Kier alpha value is -2.95. The first kappa shape index (κ1) is 32.0. The summed E-state index contributed by atoms with van der Waals surface area (Å²) in [6.07, 6.45) is -9.65. The molecule has 10 atom stereocenters. The zero-order valence-corrected chi connectivity index (χ0v) is 25.0. The molecule has 3 aromatic heterocycles. The van der Waals surface area contributed by atoms with Gasteiger partial charge in [-0.05, 0) is 6.72 Å². The summed E-state index contributed by atoms with van der Waals surface area (Å²) in [4.78, 5) is 41.3. The van der Waals surface area contributed by atoms with Gasteiger partial charge in [-0.1, -0.05) is 0 Å². The standard InChI is InChI=1S/C21H29N9O13P2/c1-24-16-8(3-22)25-6-29(16)19-13(32)14-10(41-19)5-38-44(34,35)42-15-12(31)9(4-39-45(36,37-2)43-14)40-20(15)30-7-26-11-17(30)27-21(23)28-18(11)33/h6-7,9-10,12-15,19-20,31-32H,1,3-5,22H2,2H3,(H,34,35)(H3,23,27,28,33)/t9-,10-,12-,13-,14-,15-,19-,20-,45?/m1/s1. The second-order valence-electron chi connectivity index (χ2n) is 10.0. The van der Waals surface area contributed by atoms with Gasteiger partial charge in [-0.25, -0.2) is 24.1 Å². The summed E-state index contributed by atoms with van der Waals surface area (Å²) in [5.74, 6) is -0.100. The lowest BCUT2D eigenvalue weighted by molar-refractivity contribution is -0.0682. The van der Waals surface area contributed by atoms with Crippen LogP contribution in [-0.4, -0.2) is 108 Å². The van der Waals surface area contributed by atoms with Crippen molar-refractivity contribution < 1.29 is 56.3 Å². The number of nitrogens with two attached hydrogens (primary N) is 2. The van der Waals surface area contributed by atoms with Gasteiger partial charge in [0.15, 0.2) is 29.4 Å². The highest BCUT2D eigenvalue weighted by Gasteiger charge is 2.54. The molecule has 0 saturated carbocycles. The fourth-order valence-corrected chi connectivity index (χ4v) is 7.30. The van der Waals surface area contributed by atoms with Gasteiger partial charge in [-0.2, -0.15) is 4.98 Å². The SMILES string of the molecule is C=Nc1c(CN)ncn1[C@@H]1O[C@@H]2COP(=O)(O)O[C@@H]3[C@H](O)[C@@H](COP(=O)(OC)O[C@H]2[C@H]1O)O[C@H]3n1cnc2c(=O)[nH]c(N)nc21. The van der Waals surface area contributed by atoms with E-state index in [0.29, 0.717) is 5.69 Å². The van der Waals surface area contributed by atoms with Crippen molar-refractivity contribution in [3.05, 3.63) is 28.7 Å². The maximum absolute atomic E-state index is 13.6. The van der Waals surface area contributed by atoms with Gasteiger partial charge in [0.25, 0.3) is 5.56 Å². The molecular weight excluding hydrogens is 648 g/mol. The van der Waals surface area contributed by atoms with E-state index < -0.39 is 83.5 Å². The van der Waals surface area contributed by atoms with E-state index in [1.54, 1.807) is 0 Å². The Balaban J connectivity index is 1.34. The summed E-state index contributed by atoms with van der Waals surface area (Å²) in [5.41, 5.74) is 10.8. The number of nitrogen functional groups attached to an aromatic ring is 1. The van der Waals surface area contributed by atoms with Gasteiger partial charge in [0, 0.05) is 13.7 Å². The van der Waals surface area contributed by atoms with Gasteiger partial charge in [0.1, 0.15) is 36.6 Å². The van der Waals surface area contributed by atoms with E-state index in [1.165, 1.54) is 10.9 Å². The zero-order chi connectivity index (χ0) is 32.3. The van der Waals surface area contributed by atoms with Crippen molar-refractivity contribution >= 4 is 45.3 Å². The Kier molecular flexibility index (Phi) is 8.54. The van der Waals surface area contributed by atoms with Crippen LogP contribution >= 0.6 is 15.6 Å². The van der Waals surface area contributed by atoms with Crippen molar-refractivity contribution in [3.8, 4) is 0 Å². The topological polar surface area (TPSA) is 305 Å². The number of aliphatic hydroxyl groups is 2. The number of nitrogens with zero attached hydrogens (tertiary/aromatic N) is 6. The van der Waals surface area contributed by atoms with Crippen molar-refractivity contribution in [1.29, 1.82) is 0 Å². The Morgan fingerprint density at radius 2 is 1.80 bits per heavy atom. The molecule has 22 nitrogen and oxygen atoms in total. The zero-order valence-electron chi connectivity index (χ0n) is 23.3. The van der Waals surface area contributed by atoms with Gasteiger partial charge >= 0.3 is 15.6 Å². The molecule has 3 aromatic rings. The van der Waals surface area contributed by atoms with Gasteiger partial charge in [0.05, 0.1) is 31.6 Å². The number of aliphatic hydroxyl groups excluding tert-OH is 2. The normalized spacial score (nSPS) is 37.5. The number of H-pyrrole nitrogens is 1. The molecule has 3 aliphatic rings. The van der Waals surface area contributed by atoms with Crippen LogP contribution in [0, 0.1) is 0 Å². The second-order valence-corrected chi connectivity index (χ2v) is 13.1. The number of phosphoric acid groups is 2. The smallest absolute Gasteiger partial charge is 0.387 e. The Bertz CT molecular complexity index is 1750. The highest BCUT2D eigenvalue weighted by atomic mass is 31.2. The van der Waals surface area contributed by atoms with Crippen LogP contribution in [-0.2, 0) is 47.8 Å². The van der Waals surface area contributed by atoms with Crippen LogP contribution in [0.15, 0.2) is 22.4 Å². The molecule has 246 valence electrons. The van der Waals surface area contributed by atoms with E-state index in [4.69, 9.17) is 43.6 Å². The molecule has 3 fully saturated rings. The Labute approximate surface area is 252 Å². The van der Waals surface area contributed by atoms with Gasteiger partial charge in [-0.3, -0.25) is 41.5 Å². The predicted molar refractivity (Wildman–Crippen MR) is 148 cm³/mol. The highest BCUT2D eigenvalue weighted by Crippen LogP contribution is 2.55. The van der Waals surface area contributed by atoms with Crippen molar-refractivity contribution in [1.82, 2.24) is 29.1 Å². The summed E-state index contributed by atoms with van der Waals surface area (Å²) >= 11 is 0. The lowest BCUT2D eigenvalue weighted by Crippen LogP contribution is -2.36. The largest absolute Gasteiger partial charge is 0.475 e. The lowest BCUT2D eigenvalue weighted by atomic mass is 10.1. The van der Waals surface area contributed by atoms with Crippen LogP contribution in [0.3, 0.4) is 0 Å². The van der Waals surface area contributed by atoms with Crippen molar-refractivity contribution in [2.75, 3.05) is 26.1 Å². The van der Waals surface area contributed by atoms with Crippen molar-refractivity contribution in [2.24, 2.45) is 10.7 Å². The summed E-state index contributed by atoms with van der Waals surface area (Å²) in [7, 11) is -8.63. The average Bonchev–Trinajstić information content (AvgIpc) is 3.75. The average molecular weight is 677 g/mol. The number of hydrogen-bond donors (Lipinski definition) is 6. The first-order valence-electron chi connectivity index (χ1n) is 13.1. The van der Waals surface area contributed by atoms with Crippen molar-refractivity contribution in [3.63, 3.8) is 0 Å². The molecule has 24 heteroatoms. The van der Waals surface area contributed by atoms with Crippen molar-refractivity contribution in [2.45, 2.75) is 55.6 Å². The molecule has 2 bridgehead atoms. The number of fused-ring (bicyclic) bond motifs is 4. The number of aliphatic imine (C=N–C) groups is 1. The van der Waals surface area contributed by atoms with Crippen LogP contribution in [0.5, 0.6) is 0 Å². The van der Waals surface area contributed by atoms with Crippen LogP contribution in [0.1, 0.15) is 18.1 Å². The van der Waals surface area contributed by atoms with E-state index in [9.17, 15) is 29.0 Å². The summed E-state index contributed by atoms with van der Waals surface area (Å²) in [6.45, 7) is 2.02. The van der Waals surface area contributed by atoms with Crippen LogP contribution in [0.25, 0.3) is 11.2 Å². The van der Waals surface area contributed by atoms with Gasteiger partial charge in [-0.15, -0.1) is 0 Å². The lowest BCUT2D eigenvalue weighted by Gasteiger charge is -2.26. The van der Waals surface area contributed by atoms with Gasteiger partial charge in [0.2, 0.25) is 5.95 Å². The van der Waals surface area contributed by atoms with Crippen LogP contribution in [0.2, 0.25) is 0 Å². The number of ether oxygens (including phenoxy) is 2. The quantitative estimate of drug-likeness (QED) is 0.133. The molecule has 45 heavy (non-hydrogen) atoms. The summed E-state index contributed by atoms with van der Waals surface area (Å²) in [5, 5.41) is 22.3. The molecule has 3 aliphatic heterocycles. The predicted octanol–water partition coefficient (Wildman–Crippen LogP) is -1.42. The van der Waals surface area contributed by atoms with E-state index in [0.717, 1.165) is 18.0 Å². The maximum Gasteiger partial charge on any atom is 0.475 e. The Morgan fingerprint density at radius 1 is 1.09 bits per heavy atom. The summed E-state index contributed by atoms with van der Waals surface area (Å²) in [6, 6.07) is 0. The number of aromatic amines is 1. The minimum atomic E-state index is -5.08. The molecule has 0 spiro atoms. The van der Waals surface area contributed by atoms with E-state index >= 15 is 0 Å². The fraction of sp³-hybridized carbons (Fsp3) is 0.571. The molecule has 0 radical (unpaired) electrons. The minimum Gasteiger partial charge on any atom is -0.387 e.